The molecule has 1 saturated heterocycles. The van der Waals surface area contributed by atoms with E-state index < -0.39 is 0 Å². The molecule has 6 heteroatoms. The van der Waals surface area contributed by atoms with E-state index in [9.17, 15) is 0 Å². The standard InChI is InChI=1S/C23H28N6/c1-3-27(18-20-9-5-4-6-10-20)22-17-23(26-19(2)25-22)29-15-13-28(14-16-29)21-11-7-8-12-24-21/h4-12,17H,3,13-16,18H2,1-2H3. The van der Waals surface area contributed by atoms with Gasteiger partial charge in [-0.15, -0.1) is 0 Å². The van der Waals surface area contributed by atoms with E-state index in [0.717, 1.165) is 62.5 Å². The molecule has 1 fully saturated rings. The van der Waals surface area contributed by atoms with Crippen LogP contribution in [0.15, 0.2) is 60.8 Å². The van der Waals surface area contributed by atoms with Crippen molar-refractivity contribution in [3.63, 3.8) is 0 Å². The molecule has 6 nitrogen and oxygen atoms in total. The third-order valence-corrected chi connectivity index (χ3v) is 5.31. The summed E-state index contributed by atoms with van der Waals surface area (Å²) in [5.41, 5.74) is 1.29. The zero-order valence-corrected chi connectivity index (χ0v) is 17.2. The van der Waals surface area contributed by atoms with Crippen molar-refractivity contribution >= 4 is 17.5 Å². The maximum Gasteiger partial charge on any atom is 0.134 e. The van der Waals surface area contributed by atoms with Crippen molar-refractivity contribution in [3.8, 4) is 0 Å². The second-order valence-corrected chi connectivity index (χ2v) is 7.29. The Morgan fingerprint density at radius 2 is 1.55 bits per heavy atom. The molecule has 0 unspecified atom stereocenters. The highest BCUT2D eigenvalue weighted by molar-refractivity contribution is 5.53. The van der Waals surface area contributed by atoms with Crippen LogP contribution in [0, 0.1) is 6.92 Å². The van der Waals surface area contributed by atoms with Crippen LogP contribution in [0.25, 0.3) is 0 Å². The smallest absolute Gasteiger partial charge is 0.134 e. The second kappa shape index (κ2) is 8.90. The van der Waals surface area contributed by atoms with E-state index in [1.165, 1.54) is 5.56 Å². The highest BCUT2D eigenvalue weighted by Crippen LogP contribution is 2.23. The van der Waals surface area contributed by atoms with Gasteiger partial charge >= 0.3 is 0 Å². The molecule has 1 aliphatic rings. The van der Waals surface area contributed by atoms with E-state index in [1.54, 1.807) is 0 Å². The van der Waals surface area contributed by atoms with Crippen molar-refractivity contribution in [1.29, 1.82) is 0 Å². The van der Waals surface area contributed by atoms with E-state index in [-0.39, 0.29) is 0 Å². The van der Waals surface area contributed by atoms with Crippen LogP contribution in [0.2, 0.25) is 0 Å². The molecule has 0 N–H and O–H groups in total. The minimum atomic E-state index is 0.816. The molecule has 0 bridgehead atoms. The van der Waals surface area contributed by atoms with Gasteiger partial charge < -0.3 is 14.7 Å². The van der Waals surface area contributed by atoms with Crippen molar-refractivity contribution < 1.29 is 0 Å². The Morgan fingerprint density at radius 3 is 2.21 bits per heavy atom. The number of benzene rings is 1. The fourth-order valence-electron chi connectivity index (χ4n) is 3.72. The molecule has 0 radical (unpaired) electrons. The van der Waals surface area contributed by atoms with Crippen molar-refractivity contribution in [3.05, 3.63) is 72.2 Å². The maximum atomic E-state index is 4.73. The predicted molar refractivity (Wildman–Crippen MR) is 119 cm³/mol. The monoisotopic (exact) mass is 388 g/mol. The van der Waals surface area contributed by atoms with Crippen LogP contribution in [-0.4, -0.2) is 47.7 Å². The Morgan fingerprint density at radius 1 is 0.862 bits per heavy atom. The number of aryl methyl sites for hydroxylation is 1. The van der Waals surface area contributed by atoms with Crippen molar-refractivity contribution in [2.75, 3.05) is 47.4 Å². The number of anilines is 3. The lowest BCUT2D eigenvalue weighted by molar-refractivity contribution is 0.639. The second-order valence-electron chi connectivity index (χ2n) is 7.29. The van der Waals surface area contributed by atoms with E-state index in [1.807, 2.05) is 25.3 Å². The zero-order valence-electron chi connectivity index (χ0n) is 17.2. The largest absolute Gasteiger partial charge is 0.353 e. The van der Waals surface area contributed by atoms with Crippen molar-refractivity contribution in [2.45, 2.75) is 20.4 Å². The van der Waals surface area contributed by atoms with E-state index in [0.29, 0.717) is 0 Å². The first-order chi connectivity index (χ1) is 14.2. The van der Waals surface area contributed by atoms with Gasteiger partial charge in [0.1, 0.15) is 23.3 Å². The van der Waals surface area contributed by atoms with Crippen LogP contribution in [0.4, 0.5) is 17.5 Å². The predicted octanol–water partition coefficient (Wildman–Crippen LogP) is 3.53. The summed E-state index contributed by atoms with van der Waals surface area (Å²) in [6.45, 7) is 9.64. The molecule has 0 spiro atoms. The van der Waals surface area contributed by atoms with Crippen molar-refractivity contribution in [2.24, 2.45) is 0 Å². The topological polar surface area (TPSA) is 48.4 Å². The van der Waals surface area contributed by atoms with Crippen molar-refractivity contribution in [1.82, 2.24) is 15.0 Å². The zero-order chi connectivity index (χ0) is 20.1. The lowest BCUT2D eigenvalue weighted by atomic mass is 10.2. The number of hydrogen-bond acceptors (Lipinski definition) is 6. The molecule has 0 atom stereocenters. The van der Waals surface area contributed by atoms with Crippen LogP contribution < -0.4 is 14.7 Å². The molecule has 3 heterocycles. The van der Waals surface area contributed by atoms with Gasteiger partial charge in [-0.3, -0.25) is 0 Å². The number of rotatable bonds is 6. The maximum absolute atomic E-state index is 4.73. The van der Waals surface area contributed by atoms with Crippen LogP contribution in [-0.2, 0) is 6.54 Å². The number of nitrogens with zero attached hydrogens (tertiary/aromatic N) is 6. The normalized spacial score (nSPS) is 14.1. The van der Waals surface area contributed by atoms with E-state index in [4.69, 9.17) is 9.97 Å². The number of piperazine rings is 1. The summed E-state index contributed by atoms with van der Waals surface area (Å²) in [6, 6.07) is 18.8. The summed E-state index contributed by atoms with van der Waals surface area (Å²) in [4.78, 5) is 20.9. The van der Waals surface area contributed by atoms with Gasteiger partial charge in [-0.1, -0.05) is 36.4 Å². The lowest BCUT2D eigenvalue weighted by Crippen LogP contribution is -2.47. The SMILES string of the molecule is CCN(Cc1ccccc1)c1cc(N2CCN(c3ccccn3)CC2)nc(C)n1. The van der Waals surface area contributed by atoms with Gasteiger partial charge in [0.2, 0.25) is 0 Å². The average Bonchev–Trinajstić information content (AvgIpc) is 2.78. The third kappa shape index (κ3) is 4.65. The molecular weight excluding hydrogens is 360 g/mol. The van der Waals surface area contributed by atoms with Crippen LogP contribution in [0.3, 0.4) is 0 Å². The minimum Gasteiger partial charge on any atom is -0.353 e. The van der Waals surface area contributed by atoms with Crippen LogP contribution >= 0.6 is 0 Å². The quantitative estimate of drug-likeness (QED) is 0.644. The molecule has 1 aliphatic heterocycles. The summed E-state index contributed by atoms with van der Waals surface area (Å²) < 4.78 is 0. The Kier molecular flexibility index (Phi) is 5.89. The van der Waals surface area contributed by atoms with E-state index >= 15 is 0 Å². The third-order valence-electron chi connectivity index (χ3n) is 5.31. The molecule has 0 aliphatic carbocycles. The van der Waals surface area contributed by atoms with Crippen LogP contribution in [0.1, 0.15) is 18.3 Å². The summed E-state index contributed by atoms with van der Waals surface area (Å²) in [5.74, 6) is 3.87. The highest BCUT2D eigenvalue weighted by atomic mass is 15.3. The van der Waals surface area contributed by atoms with Gasteiger partial charge in [-0.25, -0.2) is 15.0 Å². The molecule has 4 rings (SSSR count). The van der Waals surface area contributed by atoms with Crippen LogP contribution in [0.5, 0.6) is 0 Å². The number of hydrogen-bond donors (Lipinski definition) is 0. The van der Waals surface area contributed by atoms with Gasteiger partial charge in [0.15, 0.2) is 0 Å². The van der Waals surface area contributed by atoms with Gasteiger partial charge in [-0.2, -0.15) is 0 Å². The molecule has 150 valence electrons. The Labute approximate surface area is 172 Å². The summed E-state index contributed by atoms with van der Waals surface area (Å²) in [7, 11) is 0. The molecule has 2 aromatic heterocycles. The highest BCUT2D eigenvalue weighted by Gasteiger charge is 2.20. The first-order valence-electron chi connectivity index (χ1n) is 10.3. The first-order valence-corrected chi connectivity index (χ1v) is 10.3. The van der Waals surface area contributed by atoms with Gasteiger partial charge in [0, 0.05) is 51.5 Å². The van der Waals surface area contributed by atoms with Gasteiger partial charge in [0.05, 0.1) is 0 Å². The minimum absolute atomic E-state index is 0.816. The van der Waals surface area contributed by atoms with Gasteiger partial charge in [-0.05, 0) is 31.5 Å². The molecular formula is C23H28N6. The average molecular weight is 389 g/mol. The first kappa shape index (κ1) is 19.2. The van der Waals surface area contributed by atoms with Gasteiger partial charge in [0.25, 0.3) is 0 Å². The number of pyridine rings is 1. The molecule has 1 aromatic carbocycles. The molecule has 0 amide bonds. The Balaban J connectivity index is 1.48. The fraction of sp³-hybridized carbons (Fsp3) is 0.348. The number of aromatic nitrogens is 3. The summed E-state index contributed by atoms with van der Waals surface area (Å²) in [6.07, 6.45) is 1.85. The lowest BCUT2D eigenvalue weighted by Gasteiger charge is -2.36. The van der Waals surface area contributed by atoms with E-state index in [2.05, 4.69) is 69.1 Å². The Hall–Kier alpha value is -3.15. The fourth-order valence-corrected chi connectivity index (χ4v) is 3.72. The molecule has 0 saturated carbocycles. The molecule has 29 heavy (non-hydrogen) atoms. The summed E-state index contributed by atoms with van der Waals surface area (Å²) in [5, 5.41) is 0. The Bertz CT molecular complexity index is 907. The molecule has 3 aromatic rings. The summed E-state index contributed by atoms with van der Waals surface area (Å²) >= 11 is 0.